The van der Waals surface area contributed by atoms with Crippen LogP contribution in [0.3, 0.4) is 0 Å². The Labute approximate surface area is 230 Å². The number of hydrogen-bond acceptors (Lipinski definition) is 4. The van der Waals surface area contributed by atoms with Gasteiger partial charge in [-0.1, -0.05) is 17.7 Å². The summed E-state index contributed by atoms with van der Waals surface area (Å²) >= 11 is 0. The van der Waals surface area contributed by atoms with Crippen LogP contribution in [0.2, 0.25) is 0 Å². The fourth-order valence-corrected chi connectivity index (χ4v) is 6.24. The Morgan fingerprint density at radius 3 is 2.55 bits per heavy atom. The van der Waals surface area contributed by atoms with Crippen molar-refractivity contribution in [3.05, 3.63) is 70.0 Å². The minimum atomic E-state index is -4.50. The Bertz CT molecular complexity index is 1360. The van der Waals surface area contributed by atoms with Crippen LogP contribution in [0.5, 0.6) is 0 Å². The van der Waals surface area contributed by atoms with Gasteiger partial charge in [0.05, 0.1) is 17.6 Å². The van der Waals surface area contributed by atoms with Gasteiger partial charge in [0.25, 0.3) is 11.9 Å². The zero-order valence-corrected chi connectivity index (χ0v) is 22.8. The molecule has 0 spiro atoms. The number of amides is 3. The molecule has 4 atom stereocenters. The van der Waals surface area contributed by atoms with E-state index in [1.165, 1.54) is 17.0 Å². The van der Waals surface area contributed by atoms with E-state index in [-0.39, 0.29) is 42.2 Å². The SMILES string of the molecule is Cc1cc([C@@H](C)N(C)C(=O)N2CC[C@@H]3CN(C4=NC(=O)CO4)CC3[C@@H]2c2ccc(F)cc2C)cc(C(F)(F)F)c1. The zero-order chi connectivity index (χ0) is 28.9. The van der Waals surface area contributed by atoms with Gasteiger partial charge in [-0.15, -0.1) is 0 Å². The number of rotatable bonds is 3. The van der Waals surface area contributed by atoms with E-state index in [4.69, 9.17) is 4.74 Å². The molecule has 0 aromatic heterocycles. The van der Waals surface area contributed by atoms with Crippen LogP contribution in [-0.2, 0) is 15.7 Å². The number of hydrogen-bond donors (Lipinski definition) is 0. The van der Waals surface area contributed by atoms with Crippen LogP contribution in [0.25, 0.3) is 0 Å². The number of likely N-dealkylation sites (tertiary alicyclic amines) is 2. The predicted octanol–water partition coefficient (Wildman–Crippen LogP) is 5.48. The number of halogens is 4. The van der Waals surface area contributed by atoms with Gasteiger partial charge in [-0.3, -0.25) is 4.79 Å². The van der Waals surface area contributed by atoms with Crippen LogP contribution in [-0.4, -0.2) is 65.9 Å². The van der Waals surface area contributed by atoms with Gasteiger partial charge in [0, 0.05) is 32.6 Å². The average molecular weight is 561 g/mol. The van der Waals surface area contributed by atoms with Crippen LogP contribution < -0.4 is 0 Å². The van der Waals surface area contributed by atoms with Gasteiger partial charge >= 0.3 is 12.2 Å². The summed E-state index contributed by atoms with van der Waals surface area (Å²) in [4.78, 5) is 34.9. The molecular weight excluding hydrogens is 528 g/mol. The summed E-state index contributed by atoms with van der Waals surface area (Å²) in [5.41, 5.74) is 1.61. The first-order chi connectivity index (χ1) is 18.8. The van der Waals surface area contributed by atoms with E-state index < -0.39 is 23.8 Å². The van der Waals surface area contributed by atoms with E-state index in [1.807, 2.05) is 4.90 Å². The Kier molecular flexibility index (Phi) is 7.26. The zero-order valence-electron chi connectivity index (χ0n) is 22.8. The number of carbonyl (C=O) groups is 2. The summed E-state index contributed by atoms with van der Waals surface area (Å²) in [7, 11) is 1.59. The molecule has 11 heteroatoms. The smallest absolute Gasteiger partial charge is 0.416 e. The molecule has 2 aromatic rings. The third-order valence-corrected chi connectivity index (χ3v) is 8.38. The lowest BCUT2D eigenvalue weighted by molar-refractivity contribution is -0.137. The van der Waals surface area contributed by atoms with Gasteiger partial charge in [-0.2, -0.15) is 18.2 Å². The molecule has 0 aliphatic carbocycles. The maximum absolute atomic E-state index is 14.1. The first-order valence-electron chi connectivity index (χ1n) is 13.3. The third-order valence-electron chi connectivity index (χ3n) is 8.38. The highest BCUT2D eigenvalue weighted by molar-refractivity contribution is 5.96. The van der Waals surface area contributed by atoms with Crippen molar-refractivity contribution in [1.82, 2.24) is 14.7 Å². The van der Waals surface area contributed by atoms with Crippen molar-refractivity contribution in [1.29, 1.82) is 0 Å². The van der Waals surface area contributed by atoms with E-state index in [0.717, 1.165) is 17.7 Å². The second-order valence-corrected chi connectivity index (χ2v) is 11.0. The van der Waals surface area contributed by atoms with Crippen molar-refractivity contribution in [3.8, 4) is 0 Å². The minimum Gasteiger partial charge on any atom is -0.455 e. The lowest BCUT2D eigenvalue weighted by atomic mass is 9.78. The number of fused-ring (bicyclic) bond motifs is 1. The number of aryl methyl sites for hydroxylation is 2. The first-order valence-corrected chi connectivity index (χ1v) is 13.3. The number of nitrogens with zero attached hydrogens (tertiary/aromatic N) is 4. The van der Waals surface area contributed by atoms with Crippen molar-refractivity contribution in [2.45, 2.75) is 45.5 Å². The maximum Gasteiger partial charge on any atom is 0.416 e. The number of carbonyl (C=O) groups excluding carboxylic acids is 2. The molecule has 214 valence electrons. The molecule has 0 saturated carbocycles. The molecule has 3 heterocycles. The maximum atomic E-state index is 14.1. The molecule has 0 N–H and O–H groups in total. The summed E-state index contributed by atoms with van der Waals surface area (Å²) < 4.78 is 60.1. The third kappa shape index (κ3) is 5.25. The van der Waals surface area contributed by atoms with Gasteiger partial charge in [0.1, 0.15) is 5.82 Å². The Morgan fingerprint density at radius 1 is 1.15 bits per heavy atom. The Hall–Kier alpha value is -3.63. The molecule has 0 bridgehead atoms. The molecule has 7 nitrogen and oxygen atoms in total. The van der Waals surface area contributed by atoms with Crippen LogP contribution in [0, 0.1) is 31.5 Å². The molecule has 3 aliphatic heterocycles. The molecular formula is C29H32F4N4O3. The number of urea groups is 1. The van der Waals surface area contributed by atoms with Crippen LogP contribution >= 0.6 is 0 Å². The molecule has 40 heavy (non-hydrogen) atoms. The lowest BCUT2D eigenvalue weighted by Crippen LogP contribution is -2.51. The number of benzene rings is 2. The van der Waals surface area contributed by atoms with E-state index in [1.54, 1.807) is 44.9 Å². The molecule has 3 aliphatic rings. The van der Waals surface area contributed by atoms with Crippen molar-refractivity contribution in [2.75, 3.05) is 33.3 Å². The average Bonchev–Trinajstić information content (AvgIpc) is 3.52. The fourth-order valence-electron chi connectivity index (χ4n) is 6.24. The number of amidine groups is 1. The van der Waals surface area contributed by atoms with Crippen molar-refractivity contribution >= 4 is 18.0 Å². The summed E-state index contributed by atoms with van der Waals surface area (Å²) in [5, 5.41) is 0. The summed E-state index contributed by atoms with van der Waals surface area (Å²) in [6.07, 6.45) is -3.81. The minimum absolute atomic E-state index is 0.0524. The summed E-state index contributed by atoms with van der Waals surface area (Å²) in [6.45, 7) is 6.55. The Balaban J connectivity index is 1.46. The van der Waals surface area contributed by atoms with E-state index in [2.05, 4.69) is 4.99 Å². The fraction of sp³-hybridized carbons (Fsp3) is 0.483. The van der Waals surface area contributed by atoms with Gasteiger partial charge in [-0.05, 0) is 74.1 Å². The number of aliphatic imine (C=N–C) groups is 1. The van der Waals surface area contributed by atoms with Crippen molar-refractivity contribution in [2.24, 2.45) is 16.8 Å². The molecule has 2 aromatic carbocycles. The van der Waals surface area contributed by atoms with E-state index in [9.17, 15) is 27.2 Å². The van der Waals surface area contributed by atoms with E-state index >= 15 is 0 Å². The molecule has 2 fully saturated rings. The molecule has 3 amide bonds. The highest BCUT2D eigenvalue weighted by Gasteiger charge is 2.48. The molecule has 2 saturated heterocycles. The second kappa shape index (κ2) is 10.4. The van der Waals surface area contributed by atoms with Gasteiger partial charge in [0.15, 0.2) is 6.61 Å². The standard InChI is InChI=1S/C29H32F4N4O3/c1-16-9-20(12-21(10-16)29(31,32)33)18(3)35(4)28(39)37-8-7-19-13-36(27-34-25(38)15-40-27)14-24(19)26(37)23-6-5-22(30)11-17(23)2/h5-6,9-12,18-19,24,26H,7-8,13-15H2,1-4H3/t18-,19-,24?,26+/m1/s1. The topological polar surface area (TPSA) is 65.5 Å². The van der Waals surface area contributed by atoms with Crippen molar-refractivity contribution < 1.29 is 31.9 Å². The van der Waals surface area contributed by atoms with Gasteiger partial charge in [0.2, 0.25) is 0 Å². The van der Waals surface area contributed by atoms with Crippen LogP contribution in [0.4, 0.5) is 22.4 Å². The number of ether oxygens (including phenoxy) is 1. The molecule has 5 rings (SSSR count). The number of alkyl halides is 3. The normalized spacial score (nSPS) is 23.6. The highest BCUT2D eigenvalue weighted by atomic mass is 19.4. The van der Waals surface area contributed by atoms with Gasteiger partial charge in [-0.25, -0.2) is 9.18 Å². The molecule has 0 radical (unpaired) electrons. The second-order valence-electron chi connectivity index (χ2n) is 11.0. The van der Waals surface area contributed by atoms with Crippen LogP contribution in [0.15, 0.2) is 41.4 Å². The number of piperidine rings is 1. The van der Waals surface area contributed by atoms with Crippen LogP contribution in [0.1, 0.15) is 53.2 Å². The first kappa shape index (κ1) is 27.9. The lowest BCUT2D eigenvalue weighted by Gasteiger charge is -2.45. The highest BCUT2D eigenvalue weighted by Crippen LogP contribution is 2.46. The Morgan fingerprint density at radius 2 is 1.90 bits per heavy atom. The largest absolute Gasteiger partial charge is 0.455 e. The van der Waals surface area contributed by atoms with E-state index in [0.29, 0.717) is 42.7 Å². The predicted molar refractivity (Wildman–Crippen MR) is 140 cm³/mol. The van der Waals surface area contributed by atoms with Crippen molar-refractivity contribution in [3.63, 3.8) is 0 Å². The van der Waals surface area contributed by atoms with Gasteiger partial charge < -0.3 is 19.4 Å². The molecule has 1 unspecified atom stereocenters. The quantitative estimate of drug-likeness (QED) is 0.467. The summed E-state index contributed by atoms with van der Waals surface area (Å²) in [5.74, 6) is -0.594. The monoisotopic (exact) mass is 560 g/mol. The summed E-state index contributed by atoms with van der Waals surface area (Å²) in [6, 6.07) is 7.29.